The monoisotopic (exact) mass is 178 g/mol. The Morgan fingerprint density at radius 3 is 2.62 bits per heavy atom. The molecule has 1 unspecified atom stereocenters. The number of hydrogen-bond donors (Lipinski definition) is 0. The van der Waals surface area contributed by atoms with E-state index in [1.54, 1.807) is 0 Å². The fraction of sp³-hybridized carbons (Fsp3) is 0.583. The summed E-state index contributed by atoms with van der Waals surface area (Å²) in [5.74, 6) is 0.486. The molecule has 0 bridgehead atoms. The smallest absolute Gasteiger partial charge is 0.149 e. The van der Waals surface area contributed by atoms with Gasteiger partial charge in [0.15, 0.2) is 0 Å². The van der Waals surface area contributed by atoms with Gasteiger partial charge in [-0.3, -0.25) is 4.79 Å². The molecule has 0 amide bonds. The van der Waals surface area contributed by atoms with Crippen molar-refractivity contribution < 1.29 is 4.79 Å². The first-order chi connectivity index (χ1) is 6.01. The second kappa shape index (κ2) is 3.91. The minimum absolute atomic E-state index is 0.394. The average Bonchev–Trinajstić information content (AvgIpc) is 2.47. The van der Waals surface area contributed by atoms with Gasteiger partial charge in [0.2, 0.25) is 0 Å². The molecule has 13 heavy (non-hydrogen) atoms. The number of carbonyl (C=O) groups is 1. The van der Waals surface area contributed by atoms with E-state index in [0.717, 1.165) is 18.3 Å². The van der Waals surface area contributed by atoms with Gasteiger partial charge in [-0.05, 0) is 24.2 Å². The van der Waals surface area contributed by atoms with Crippen LogP contribution in [0.2, 0.25) is 0 Å². The van der Waals surface area contributed by atoms with Gasteiger partial charge in [0.1, 0.15) is 6.29 Å². The molecule has 0 fully saturated rings. The van der Waals surface area contributed by atoms with Gasteiger partial charge in [0, 0.05) is 5.57 Å². The summed E-state index contributed by atoms with van der Waals surface area (Å²) in [6.45, 7) is 6.74. The van der Waals surface area contributed by atoms with Crippen LogP contribution in [0.25, 0.3) is 0 Å². The first-order valence-corrected chi connectivity index (χ1v) is 4.86. The Kier molecular flexibility index (Phi) is 3.07. The molecule has 0 aliphatic heterocycles. The molecule has 72 valence electrons. The van der Waals surface area contributed by atoms with E-state index in [9.17, 15) is 4.79 Å². The minimum atomic E-state index is 0.394. The molecule has 0 aromatic heterocycles. The van der Waals surface area contributed by atoms with Crippen molar-refractivity contribution in [3.8, 4) is 0 Å². The first-order valence-electron chi connectivity index (χ1n) is 4.86. The number of rotatable bonds is 3. The lowest BCUT2D eigenvalue weighted by molar-refractivity contribution is -0.104. The third-order valence-corrected chi connectivity index (χ3v) is 2.31. The molecule has 1 nitrogen and oxygen atoms in total. The molecule has 0 aromatic rings. The van der Waals surface area contributed by atoms with E-state index in [0.29, 0.717) is 11.3 Å². The van der Waals surface area contributed by atoms with Crippen molar-refractivity contribution >= 4 is 6.29 Å². The molecule has 0 spiro atoms. The summed E-state index contributed by atoms with van der Waals surface area (Å²) in [4.78, 5) is 10.4. The molecule has 1 atom stereocenters. The summed E-state index contributed by atoms with van der Waals surface area (Å²) in [6.07, 6.45) is 9.37. The highest BCUT2D eigenvalue weighted by molar-refractivity contribution is 5.78. The van der Waals surface area contributed by atoms with Crippen LogP contribution in [-0.4, -0.2) is 6.29 Å². The molecule has 0 saturated carbocycles. The van der Waals surface area contributed by atoms with E-state index in [1.165, 1.54) is 6.42 Å². The maximum Gasteiger partial charge on any atom is 0.149 e. The molecule has 1 heteroatoms. The molecule has 0 saturated heterocycles. The van der Waals surface area contributed by atoms with Crippen molar-refractivity contribution in [2.24, 2.45) is 11.3 Å². The second-order valence-corrected chi connectivity index (χ2v) is 4.91. The van der Waals surface area contributed by atoms with Gasteiger partial charge in [0.05, 0.1) is 0 Å². The van der Waals surface area contributed by atoms with Crippen molar-refractivity contribution in [2.75, 3.05) is 0 Å². The Hall–Kier alpha value is -0.850. The van der Waals surface area contributed by atoms with Crippen LogP contribution < -0.4 is 0 Å². The first kappa shape index (κ1) is 10.2. The fourth-order valence-corrected chi connectivity index (χ4v) is 1.45. The molecule has 0 N–H and O–H groups in total. The van der Waals surface area contributed by atoms with Gasteiger partial charge < -0.3 is 0 Å². The minimum Gasteiger partial charge on any atom is -0.298 e. The highest BCUT2D eigenvalue weighted by atomic mass is 16.1. The molecule has 1 aliphatic rings. The summed E-state index contributed by atoms with van der Waals surface area (Å²) in [7, 11) is 0. The Balaban J connectivity index is 2.38. The van der Waals surface area contributed by atoms with Gasteiger partial charge >= 0.3 is 0 Å². The Bertz CT molecular complexity index is 240. The zero-order valence-corrected chi connectivity index (χ0v) is 8.71. The third-order valence-electron chi connectivity index (χ3n) is 2.31. The van der Waals surface area contributed by atoms with Crippen LogP contribution in [0.3, 0.4) is 0 Å². The zero-order chi connectivity index (χ0) is 9.90. The quantitative estimate of drug-likeness (QED) is 0.607. The summed E-state index contributed by atoms with van der Waals surface area (Å²) in [5.41, 5.74) is 1.23. The molecule has 0 radical (unpaired) electrons. The lowest BCUT2D eigenvalue weighted by Crippen LogP contribution is -2.06. The van der Waals surface area contributed by atoms with E-state index >= 15 is 0 Å². The van der Waals surface area contributed by atoms with Gasteiger partial charge in [-0.15, -0.1) is 0 Å². The van der Waals surface area contributed by atoms with Crippen LogP contribution in [0.1, 0.15) is 33.6 Å². The maximum absolute atomic E-state index is 10.4. The molecular weight excluding hydrogens is 160 g/mol. The lowest BCUT2D eigenvalue weighted by Gasteiger charge is -2.19. The maximum atomic E-state index is 10.4. The predicted octanol–water partition coefficient (Wildman–Crippen LogP) is 3.12. The Morgan fingerprint density at radius 2 is 2.15 bits per heavy atom. The van der Waals surface area contributed by atoms with E-state index < -0.39 is 0 Å². The van der Waals surface area contributed by atoms with Crippen LogP contribution in [0.15, 0.2) is 23.8 Å². The van der Waals surface area contributed by atoms with Crippen LogP contribution in [0.4, 0.5) is 0 Å². The average molecular weight is 178 g/mol. The third kappa shape index (κ3) is 3.58. The SMILES string of the molecule is CC(C)(C)CCC1C=CC(C=O)=C1. The van der Waals surface area contributed by atoms with Gasteiger partial charge in [-0.2, -0.15) is 0 Å². The number of hydrogen-bond acceptors (Lipinski definition) is 1. The van der Waals surface area contributed by atoms with E-state index in [4.69, 9.17) is 0 Å². The van der Waals surface area contributed by atoms with E-state index in [2.05, 4.69) is 32.9 Å². The highest BCUT2D eigenvalue weighted by Gasteiger charge is 2.14. The van der Waals surface area contributed by atoms with Crippen molar-refractivity contribution in [3.05, 3.63) is 23.8 Å². The van der Waals surface area contributed by atoms with Crippen LogP contribution >= 0.6 is 0 Å². The predicted molar refractivity (Wildman–Crippen MR) is 55.5 cm³/mol. The molecular formula is C12H18O. The van der Waals surface area contributed by atoms with Crippen LogP contribution in [0, 0.1) is 11.3 Å². The summed E-state index contributed by atoms with van der Waals surface area (Å²) in [5, 5.41) is 0. The fourth-order valence-electron chi connectivity index (χ4n) is 1.45. The van der Waals surface area contributed by atoms with Crippen molar-refractivity contribution in [2.45, 2.75) is 33.6 Å². The van der Waals surface area contributed by atoms with Gasteiger partial charge in [-0.1, -0.05) is 39.0 Å². The number of allylic oxidation sites excluding steroid dienone is 4. The topological polar surface area (TPSA) is 17.1 Å². The largest absolute Gasteiger partial charge is 0.298 e. The normalized spacial score (nSPS) is 21.8. The summed E-state index contributed by atoms with van der Waals surface area (Å²) >= 11 is 0. The van der Waals surface area contributed by atoms with Gasteiger partial charge in [0.25, 0.3) is 0 Å². The summed E-state index contributed by atoms with van der Waals surface area (Å²) in [6, 6.07) is 0. The van der Waals surface area contributed by atoms with Gasteiger partial charge in [-0.25, -0.2) is 0 Å². The lowest BCUT2D eigenvalue weighted by atomic mass is 9.87. The standard InChI is InChI=1S/C12H18O/c1-12(2,3)7-6-10-4-5-11(8-10)9-13/h4-5,8-10H,6-7H2,1-3H3. The van der Waals surface area contributed by atoms with Crippen molar-refractivity contribution in [3.63, 3.8) is 0 Å². The second-order valence-electron chi connectivity index (χ2n) is 4.91. The molecule has 0 aromatic carbocycles. The van der Waals surface area contributed by atoms with Crippen LogP contribution in [-0.2, 0) is 4.79 Å². The number of aldehydes is 1. The number of carbonyl (C=O) groups excluding carboxylic acids is 1. The van der Waals surface area contributed by atoms with Crippen molar-refractivity contribution in [1.82, 2.24) is 0 Å². The molecule has 1 rings (SSSR count). The summed E-state index contributed by atoms with van der Waals surface area (Å²) < 4.78 is 0. The Labute approximate surface area is 80.5 Å². The van der Waals surface area contributed by atoms with Crippen LogP contribution in [0.5, 0.6) is 0 Å². The Morgan fingerprint density at radius 1 is 1.46 bits per heavy atom. The van der Waals surface area contributed by atoms with Crippen molar-refractivity contribution in [1.29, 1.82) is 0 Å². The highest BCUT2D eigenvalue weighted by Crippen LogP contribution is 2.27. The van der Waals surface area contributed by atoms with E-state index in [-0.39, 0.29) is 0 Å². The molecule has 0 heterocycles. The zero-order valence-electron chi connectivity index (χ0n) is 8.71. The molecule has 1 aliphatic carbocycles. The van der Waals surface area contributed by atoms with E-state index in [1.807, 2.05) is 6.08 Å².